The number of hydrogen-bond acceptors (Lipinski definition) is 6. The highest BCUT2D eigenvalue weighted by atomic mass is 16.4. The molecular weight excluding hydrogens is 315 g/mol. The summed E-state index contributed by atoms with van der Waals surface area (Å²) in [4.78, 5) is 20.5. The van der Waals surface area contributed by atoms with Crippen LogP contribution >= 0.6 is 0 Å². The molecule has 0 aliphatic carbocycles. The summed E-state index contributed by atoms with van der Waals surface area (Å²) in [5.41, 5.74) is 11.5. The van der Waals surface area contributed by atoms with Crippen molar-refractivity contribution in [3.8, 4) is 0 Å². The standard InChI is InChI=1S/C9H11NO2.C6H13NO2.BH2O2/c10-8(9(11)12)6-7-4-2-1-3-5-7;1-4(2)3-5(7)6(8)9;2-1-3/h1-5,8H,6,10H2,(H,11,12);4-5H,3,7H2,1-2H3,(H,8,9);2-3H. The predicted molar refractivity (Wildman–Crippen MR) is 91.0 cm³/mol. The van der Waals surface area contributed by atoms with E-state index in [-0.39, 0.29) is 7.69 Å². The summed E-state index contributed by atoms with van der Waals surface area (Å²) in [7, 11) is 0. The van der Waals surface area contributed by atoms with Crippen LogP contribution in [0.4, 0.5) is 0 Å². The van der Waals surface area contributed by atoms with E-state index in [4.69, 9.17) is 31.7 Å². The third kappa shape index (κ3) is 15.0. The number of carboxylic acid groups (broad SMARTS) is 2. The van der Waals surface area contributed by atoms with Gasteiger partial charge in [-0.15, -0.1) is 0 Å². The average molecular weight is 341 g/mol. The van der Waals surface area contributed by atoms with Crippen LogP contribution in [-0.2, 0) is 16.0 Å². The average Bonchev–Trinajstić information content (AvgIpc) is 2.48. The van der Waals surface area contributed by atoms with Crippen LogP contribution in [0.2, 0.25) is 0 Å². The van der Waals surface area contributed by atoms with Gasteiger partial charge in [0.2, 0.25) is 0 Å². The molecule has 0 bridgehead atoms. The molecule has 0 aromatic heterocycles. The minimum absolute atomic E-state index is 0. The molecule has 1 aromatic rings. The highest BCUT2D eigenvalue weighted by molar-refractivity contribution is 6.13. The molecule has 9 heteroatoms. The molecule has 0 saturated carbocycles. The molecule has 1 aromatic carbocycles. The van der Waals surface area contributed by atoms with Gasteiger partial charge in [0.05, 0.1) is 0 Å². The first-order valence-electron chi connectivity index (χ1n) is 7.26. The lowest BCUT2D eigenvalue weighted by molar-refractivity contribution is -0.139. The summed E-state index contributed by atoms with van der Waals surface area (Å²) in [5, 5.41) is 30.8. The molecule has 2 atom stereocenters. The Morgan fingerprint density at radius 1 is 1.00 bits per heavy atom. The lowest BCUT2D eigenvalue weighted by atomic mass is 10.1. The van der Waals surface area contributed by atoms with E-state index < -0.39 is 24.0 Å². The molecule has 0 heterocycles. The van der Waals surface area contributed by atoms with Gasteiger partial charge in [-0.05, 0) is 24.3 Å². The van der Waals surface area contributed by atoms with Crippen LogP contribution in [0.1, 0.15) is 25.8 Å². The summed E-state index contributed by atoms with van der Waals surface area (Å²) in [6.45, 7) is 3.89. The van der Waals surface area contributed by atoms with Crippen molar-refractivity contribution in [2.45, 2.75) is 38.8 Å². The predicted octanol–water partition coefficient (Wildman–Crippen LogP) is -0.409. The van der Waals surface area contributed by atoms with Gasteiger partial charge in [0.15, 0.2) is 0 Å². The van der Waals surface area contributed by atoms with Gasteiger partial charge in [-0.1, -0.05) is 44.2 Å². The van der Waals surface area contributed by atoms with Crippen molar-refractivity contribution in [2.75, 3.05) is 0 Å². The number of carbonyl (C=O) groups is 2. The lowest BCUT2D eigenvalue weighted by Gasteiger charge is -2.07. The number of carboxylic acids is 2. The zero-order valence-electron chi connectivity index (χ0n) is 13.9. The van der Waals surface area contributed by atoms with Crippen molar-refractivity contribution in [1.82, 2.24) is 0 Å². The van der Waals surface area contributed by atoms with Crippen molar-refractivity contribution in [3.05, 3.63) is 35.9 Å². The molecule has 24 heavy (non-hydrogen) atoms. The van der Waals surface area contributed by atoms with Gasteiger partial charge < -0.3 is 31.7 Å². The van der Waals surface area contributed by atoms with Gasteiger partial charge in [-0.25, -0.2) is 0 Å². The largest absolute Gasteiger partial charge is 0.482 e. The summed E-state index contributed by atoms with van der Waals surface area (Å²) in [6.07, 6.45) is 0.936. The van der Waals surface area contributed by atoms with E-state index in [0.29, 0.717) is 18.8 Å². The number of benzene rings is 1. The lowest BCUT2D eigenvalue weighted by Crippen LogP contribution is -2.32. The molecular formula is C15H26BN2O6. The normalized spacial score (nSPS) is 12.0. The van der Waals surface area contributed by atoms with E-state index in [0.717, 1.165) is 5.56 Å². The van der Waals surface area contributed by atoms with E-state index in [1.807, 2.05) is 44.2 Å². The third-order valence-electron chi connectivity index (χ3n) is 2.66. The monoisotopic (exact) mass is 341 g/mol. The van der Waals surface area contributed by atoms with Crippen LogP contribution < -0.4 is 11.5 Å². The number of rotatable bonds is 6. The Morgan fingerprint density at radius 2 is 1.42 bits per heavy atom. The minimum Gasteiger partial charge on any atom is -0.480 e. The van der Waals surface area contributed by atoms with E-state index in [9.17, 15) is 9.59 Å². The Morgan fingerprint density at radius 3 is 1.71 bits per heavy atom. The number of hydrogen-bond donors (Lipinski definition) is 6. The molecule has 135 valence electrons. The molecule has 8 nitrogen and oxygen atoms in total. The van der Waals surface area contributed by atoms with E-state index in [1.165, 1.54) is 0 Å². The molecule has 2 unspecified atom stereocenters. The fourth-order valence-corrected chi connectivity index (χ4v) is 1.56. The summed E-state index contributed by atoms with van der Waals surface area (Å²) in [5.74, 6) is -1.52. The quantitative estimate of drug-likeness (QED) is 0.380. The Hall–Kier alpha value is -1.94. The first kappa shape index (κ1) is 24.3. The van der Waals surface area contributed by atoms with E-state index in [2.05, 4.69) is 0 Å². The van der Waals surface area contributed by atoms with Gasteiger partial charge in [-0.2, -0.15) is 0 Å². The van der Waals surface area contributed by atoms with Gasteiger partial charge in [0, 0.05) is 0 Å². The maximum Gasteiger partial charge on any atom is 0.482 e. The van der Waals surface area contributed by atoms with Crippen molar-refractivity contribution >= 4 is 19.6 Å². The van der Waals surface area contributed by atoms with Crippen molar-refractivity contribution < 1.29 is 29.9 Å². The first-order valence-corrected chi connectivity index (χ1v) is 7.26. The number of nitrogens with two attached hydrogens (primary N) is 2. The van der Waals surface area contributed by atoms with Crippen LogP contribution in [0, 0.1) is 5.92 Å². The molecule has 1 radical (unpaired) electrons. The first-order chi connectivity index (χ1) is 11.1. The second-order valence-corrected chi connectivity index (χ2v) is 5.32. The summed E-state index contributed by atoms with van der Waals surface area (Å²) >= 11 is 0. The Labute approximate surface area is 142 Å². The Balaban J connectivity index is 0. The fourth-order valence-electron chi connectivity index (χ4n) is 1.56. The topological polar surface area (TPSA) is 167 Å². The minimum atomic E-state index is -0.959. The zero-order valence-corrected chi connectivity index (χ0v) is 13.9. The van der Waals surface area contributed by atoms with Crippen LogP contribution in [0.5, 0.6) is 0 Å². The molecule has 0 saturated heterocycles. The number of aliphatic carboxylic acids is 2. The smallest absolute Gasteiger partial charge is 0.480 e. The Kier molecular flexibility index (Phi) is 14.8. The highest BCUT2D eigenvalue weighted by Gasteiger charge is 2.12. The molecule has 1 rings (SSSR count). The van der Waals surface area contributed by atoms with E-state index >= 15 is 0 Å². The van der Waals surface area contributed by atoms with Gasteiger partial charge >= 0.3 is 19.6 Å². The molecule has 8 N–H and O–H groups in total. The zero-order chi connectivity index (χ0) is 19.1. The molecule has 0 aliphatic rings. The second-order valence-electron chi connectivity index (χ2n) is 5.32. The maximum absolute atomic E-state index is 10.4. The van der Waals surface area contributed by atoms with Gasteiger partial charge in [-0.3, -0.25) is 9.59 Å². The highest BCUT2D eigenvalue weighted by Crippen LogP contribution is 2.02. The van der Waals surface area contributed by atoms with Crippen molar-refractivity contribution in [3.63, 3.8) is 0 Å². The van der Waals surface area contributed by atoms with Crippen molar-refractivity contribution in [1.29, 1.82) is 0 Å². The third-order valence-corrected chi connectivity index (χ3v) is 2.66. The SMILES string of the molecule is CC(C)CC(N)C(=O)O.NC(Cc1ccccc1)C(=O)O.O[B]O. The van der Waals surface area contributed by atoms with Crippen LogP contribution in [0.25, 0.3) is 0 Å². The fraction of sp³-hybridized carbons (Fsp3) is 0.467. The Bertz CT molecular complexity index is 459. The molecule has 0 spiro atoms. The van der Waals surface area contributed by atoms with Crippen LogP contribution in [-0.4, -0.2) is 52.0 Å². The molecule has 0 fully saturated rings. The second kappa shape index (κ2) is 14.6. The molecule has 0 aliphatic heterocycles. The van der Waals surface area contributed by atoms with Gasteiger partial charge in [0.25, 0.3) is 0 Å². The maximum atomic E-state index is 10.4. The summed E-state index contributed by atoms with van der Waals surface area (Å²) in [6, 6.07) is 7.85. The van der Waals surface area contributed by atoms with Crippen LogP contribution in [0.15, 0.2) is 30.3 Å². The van der Waals surface area contributed by atoms with Crippen LogP contribution in [0.3, 0.4) is 0 Å². The van der Waals surface area contributed by atoms with Crippen molar-refractivity contribution in [2.24, 2.45) is 17.4 Å². The van der Waals surface area contributed by atoms with E-state index in [1.54, 1.807) is 0 Å². The summed E-state index contributed by atoms with van der Waals surface area (Å²) < 4.78 is 0. The van der Waals surface area contributed by atoms with Gasteiger partial charge in [0.1, 0.15) is 12.1 Å². The molecule has 0 amide bonds.